The van der Waals surface area contributed by atoms with E-state index in [4.69, 9.17) is 4.74 Å². The van der Waals surface area contributed by atoms with Gasteiger partial charge in [0, 0.05) is 17.0 Å². The van der Waals surface area contributed by atoms with Gasteiger partial charge in [-0.1, -0.05) is 28.1 Å². The van der Waals surface area contributed by atoms with Crippen LogP contribution in [0.3, 0.4) is 0 Å². The lowest BCUT2D eigenvalue weighted by atomic mass is 10.2. The Labute approximate surface area is 85.3 Å². The summed E-state index contributed by atoms with van der Waals surface area (Å²) in [7, 11) is 1.52. The maximum atomic E-state index is 13.2. The number of halogens is 2. The number of alkyl halides is 1. The third-order valence-electron chi connectivity index (χ3n) is 1.59. The molecule has 1 aromatic rings. The van der Waals surface area contributed by atoms with Gasteiger partial charge in [-0.2, -0.15) is 0 Å². The van der Waals surface area contributed by atoms with Gasteiger partial charge in [0.2, 0.25) is 0 Å². The molecular weight excluding hydrogens is 235 g/mol. The van der Waals surface area contributed by atoms with Crippen molar-refractivity contribution in [3.8, 4) is 5.75 Å². The van der Waals surface area contributed by atoms with Gasteiger partial charge in [0.15, 0.2) is 0 Å². The van der Waals surface area contributed by atoms with E-state index in [2.05, 4.69) is 15.9 Å². The fourth-order valence-corrected chi connectivity index (χ4v) is 1.13. The average Bonchev–Trinajstić information content (AvgIpc) is 2.16. The smallest absolute Gasteiger partial charge is 0.134 e. The first-order valence-electron chi connectivity index (χ1n) is 3.84. The van der Waals surface area contributed by atoms with Crippen molar-refractivity contribution in [2.24, 2.45) is 0 Å². The van der Waals surface area contributed by atoms with Crippen LogP contribution in [-0.2, 0) is 0 Å². The molecule has 0 aliphatic carbocycles. The summed E-state index contributed by atoms with van der Waals surface area (Å²) < 4.78 is 18.1. The number of hydrogen-bond acceptors (Lipinski definition) is 1. The van der Waals surface area contributed by atoms with Crippen molar-refractivity contribution in [3.05, 3.63) is 35.7 Å². The van der Waals surface area contributed by atoms with Crippen LogP contribution in [0.5, 0.6) is 5.75 Å². The molecule has 70 valence electrons. The van der Waals surface area contributed by atoms with Crippen LogP contribution < -0.4 is 4.74 Å². The molecule has 0 aliphatic rings. The summed E-state index contributed by atoms with van der Waals surface area (Å²) >= 11 is 3.23. The van der Waals surface area contributed by atoms with Crippen molar-refractivity contribution >= 4 is 22.0 Å². The Morgan fingerprint density at radius 3 is 2.85 bits per heavy atom. The molecule has 0 radical (unpaired) electrons. The number of ether oxygens (including phenoxy) is 1. The lowest BCUT2D eigenvalue weighted by molar-refractivity contribution is 0.411. The zero-order valence-electron chi connectivity index (χ0n) is 7.26. The number of benzene rings is 1. The molecule has 0 saturated heterocycles. The van der Waals surface area contributed by atoms with E-state index in [0.717, 1.165) is 5.33 Å². The zero-order chi connectivity index (χ0) is 9.68. The highest BCUT2D eigenvalue weighted by atomic mass is 79.9. The summed E-state index contributed by atoms with van der Waals surface area (Å²) in [5, 5.41) is 0.721. The molecule has 1 nitrogen and oxygen atoms in total. The average molecular weight is 245 g/mol. The van der Waals surface area contributed by atoms with Gasteiger partial charge in [-0.25, -0.2) is 4.39 Å². The largest absolute Gasteiger partial charge is 0.497 e. The van der Waals surface area contributed by atoms with Gasteiger partial charge in [-0.05, 0) is 12.1 Å². The Hall–Kier alpha value is -0.830. The number of rotatable bonds is 3. The second kappa shape index (κ2) is 5.02. The van der Waals surface area contributed by atoms with Crippen molar-refractivity contribution in [3.63, 3.8) is 0 Å². The standard InChI is InChI=1S/C10H10BrFO/c1-13-9-5-4-8(3-2-6-11)10(12)7-9/h2-5,7H,6H2,1H3. The molecule has 0 aromatic heterocycles. The maximum absolute atomic E-state index is 13.2. The molecular formula is C10H10BrFO. The molecule has 0 atom stereocenters. The Balaban J connectivity index is 2.91. The first-order valence-corrected chi connectivity index (χ1v) is 4.96. The molecule has 1 aromatic carbocycles. The first-order chi connectivity index (χ1) is 6.27. The minimum atomic E-state index is -0.267. The van der Waals surface area contributed by atoms with Gasteiger partial charge in [0.05, 0.1) is 7.11 Å². The molecule has 0 aliphatic heterocycles. The minimum absolute atomic E-state index is 0.267. The number of methoxy groups -OCH3 is 1. The lowest BCUT2D eigenvalue weighted by Gasteiger charge is -2.01. The SMILES string of the molecule is COc1ccc(C=CCBr)c(F)c1. The Kier molecular flexibility index (Phi) is 3.96. The predicted octanol–water partition coefficient (Wildman–Crippen LogP) is 3.24. The van der Waals surface area contributed by atoms with Crippen LogP contribution in [-0.4, -0.2) is 12.4 Å². The van der Waals surface area contributed by atoms with Crippen LogP contribution >= 0.6 is 15.9 Å². The zero-order valence-corrected chi connectivity index (χ0v) is 8.84. The molecule has 1 rings (SSSR count). The Morgan fingerprint density at radius 2 is 2.31 bits per heavy atom. The van der Waals surface area contributed by atoms with Crippen LogP contribution in [0.4, 0.5) is 4.39 Å². The minimum Gasteiger partial charge on any atom is -0.497 e. The summed E-state index contributed by atoms with van der Waals surface area (Å²) in [5.74, 6) is 0.269. The predicted molar refractivity (Wildman–Crippen MR) is 55.8 cm³/mol. The second-order valence-electron chi connectivity index (χ2n) is 2.44. The van der Waals surface area contributed by atoms with E-state index in [-0.39, 0.29) is 5.82 Å². The van der Waals surface area contributed by atoms with E-state index in [1.807, 2.05) is 6.08 Å². The first kappa shape index (κ1) is 10.3. The van der Waals surface area contributed by atoms with E-state index >= 15 is 0 Å². The van der Waals surface area contributed by atoms with Gasteiger partial charge >= 0.3 is 0 Å². The molecule has 0 saturated carbocycles. The van der Waals surface area contributed by atoms with Gasteiger partial charge in [0.1, 0.15) is 11.6 Å². The fourth-order valence-electron chi connectivity index (χ4n) is 0.942. The number of allylic oxidation sites excluding steroid dienone is 1. The highest BCUT2D eigenvalue weighted by Gasteiger charge is 1.99. The molecule has 0 unspecified atom stereocenters. The van der Waals surface area contributed by atoms with Crippen LogP contribution in [0.25, 0.3) is 6.08 Å². The summed E-state index contributed by atoms with van der Waals surface area (Å²) in [5.41, 5.74) is 0.570. The van der Waals surface area contributed by atoms with Crippen LogP contribution in [0.2, 0.25) is 0 Å². The molecule has 0 fully saturated rings. The van der Waals surface area contributed by atoms with Crippen LogP contribution in [0.15, 0.2) is 24.3 Å². The Bertz CT molecular complexity index is 310. The molecule has 3 heteroatoms. The van der Waals surface area contributed by atoms with Crippen molar-refractivity contribution in [2.45, 2.75) is 0 Å². The van der Waals surface area contributed by atoms with Crippen molar-refractivity contribution in [1.29, 1.82) is 0 Å². The molecule has 0 N–H and O–H groups in total. The third-order valence-corrected chi connectivity index (χ3v) is 1.97. The molecule has 13 heavy (non-hydrogen) atoms. The fraction of sp³-hybridized carbons (Fsp3) is 0.200. The second-order valence-corrected chi connectivity index (χ2v) is 3.09. The molecule has 0 heterocycles. The van der Waals surface area contributed by atoms with Gasteiger partial charge in [-0.3, -0.25) is 0 Å². The highest BCUT2D eigenvalue weighted by molar-refractivity contribution is 9.09. The monoisotopic (exact) mass is 244 g/mol. The van der Waals surface area contributed by atoms with E-state index < -0.39 is 0 Å². The van der Waals surface area contributed by atoms with Crippen LogP contribution in [0.1, 0.15) is 5.56 Å². The van der Waals surface area contributed by atoms with Gasteiger partial charge < -0.3 is 4.74 Å². The van der Waals surface area contributed by atoms with Crippen molar-refractivity contribution in [1.82, 2.24) is 0 Å². The van der Waals surface area contributed by atoms with Crippen molar-refractivity contribution < 1.29 is 9.13 Å². The maximum Gasteiger partial charge on any atom is 0.134 e. The number of hydrogen-bond donors (Lipinski definition) is 0. The summed E-state index contributed by atoms with van der Waals surface area (Å²) in [4.78, 5) is 0. The normalized spacial score (nSPS) is 10.7. The summed E-state index contributed by atoms with van der Waals surface area (Å²) in [6.07, 6.45) is 3.56. The van der Waals surface area contributed by atoms with E-state index in [1.54, 1.807) is 18.2 Å². The Morgan fingerprint density at radius 1 is 1.54 bits per heavy atom. The highest BCUT2D eigenvalue weighted by Crippen LogP contribution is 2.17. The molecule has 0 spiro atoms. The topological polar surface area (TPSA) is 9.23 Å². The van der Waals surface area contributed by atoms with E-state index in [1.165, 1.54) is 13.2 Å². The molecule has 0 amide bonds. The summed E-state index contributed by atoms with van der Waals surface area (Å²) in [6, 6.07) is 4.79. The van der Waals surface area contributed by atoms with E-state index in [9.17, 15) is 4.39 Å². The van der Waals surface area contributed by atoms with Crippen LogP contribution in [0, 0.1) is 5.82 Å². The van der Waals surface area contributed by atoms with Gasteiger partial charge in [0.25, 0.3) is 0 Å². The summed E-state index contributed by atoms with van der Waals surface area (Å²) in [6.45, 7) is 0. The lowest BCUT2D eigenvalue weighted by Crippen LogP contribution is -1.86. The third kappa shape index (κ3) is 2.84. The quantitative estimate of drug-likeness (QED) is 0.743. The van der Waals surface area contributed by atoms with E-state index in [0.29, 0.717) is 11.3 Å². The van der Waals surface area contributed by atoms with Gasteiger partial charge in [-0.15, -0.1) is 0 Å². The van der Waals surface area contributed by atoms with Crippen molar-refractivity contribution in [2.75, 3.05) is 12.4 Å². The molecule has 0 bridgehead atoms.